The standard InChI is InChI=1S/C14H19FN4O2/c15-13-7-11(1-2-14(13)19(20)21)10-17-3-5-18(6-4-17)12-8-16-9-12/h1-2,7,12,16H,3-6,8-10H2. The van der Waals surface area contributed by atoms with Gasteiger partial charge in [0.25, 0.3) is 0 Å². The van der Waals surface area contributed by atoms with E-state index in [1.165, 1.54) is 12.1 Å². The summed E-state index contributed by atoms with van der Waals surface area (Å²) in [6.45, 7) is 6.76. The van der Waals surface area contributed by atoms with Crippen molar-refractivity contribution in [1.82, 2.24) is 15.1 Å². The van der Waals surface area contributed by atoms with E-state index in [4.69, 9.17) is 0 Å². The summed E-state index contributed by atoms with van der Waals surface area (Å²) in [6.07, 6.45) is 0. The predicted molar refractivity (Wildman–Crippen MR) is 76.6 cm³/mol. The molecule has 2 heterocycles. The fourth-order valence-electron chi connectivity index (χ4n) is 2.87. The molecular weight excluding hydrogens is 275 g/mol. The second-order valence-corrected chi connectivity index (χ2v) is 5.67. The summed E-state index contributed by atoms with van der Waals surface area (Å²) in [6, 6.07) is 4.84. The zero-order valence-corrected chi connectivity index (χ0v) is 11.8. The van der Waals surface area contributed by atoms with Gasteiger partial charge in [-0.2, -0.15) is 4.39 Å². The smallest absolute Gasteiger partial charge is 0.304 e. The van der Waals surface area contributed by atoms with E-state index in [-0.39, 0.29) is 0 Å². The van der Waals surface area contributed by atoms with E-state index in [0.717, 1.165) is 44.8 Å². The molecule has 7 heteroatoms. The topological polar surface area (TPSA) is 61.7 Å². The Labute approximate surface area is 122 Å². The van der Waals surface area contributed by atoms with E-state index in [2.05, 4.69) is 15.1 Å². The van der Waals surface area contributed by atoms with Crippen LogP contribution in [-0.4, -0.2) is 60.0 Å². The van der Waals surface area contributed by atoms with Crippen LogP contribution in [0, 0.1) is 15.9 Å². The van der Waals surface area contributed by atoms with Crippen molar-refractivity contribution in [3.05, 3.63) is 39.7 Å². The number of nitrogens with zero attached hydrogens (tertiary/aromatic N) is 3. The third kappa shape index (κ3) is 3.20. The Morgan fingerprint density at radius 2 is 2.00 bits per heavy atom. The molecule has 2 aliphatic rings. The number of hydrogen-bond acceptors (Lipinski definition) is 5. The predicted octanol–water partition coefficient (Wildman–Crippen LogP) is 0.823. The van der Waals surface area contributed by atoms with Crippen molar-refractivity contribution in [1.29, 1.82) is 0 Å². The van der Waals surface area contributed by atoms with Gasteiger partial charge in [0.2, 0.25) is 5.82 Å². The molecule has 6 nitrogen and oxygen atoms in total. The van der Waals surface area contributed by atoms with E-state index < -0.39 is 16.4 Å². The van der Waals surface area contributed by atoms with Gasteiger partial charge in [0.05, 0.1) is 4.92 Å². The summed E-state index contributed by atoms with van der Waals surface area (Å²) < 4.78 is 13.6. The number of benzene rings is 1. The summed E-state index contributed by atoms with van der Waals surface area (Å²) in [7, 11) is 0. The number of nitrogens with one attached hydrogen (secondary N) is 1. The first-order valence-electron chi connectivity index (χ1n) is 7.23. The van der Waals surface area contributed by atoms with Crippen LogP contribution in [0.25, 0.3) is 0 Å². The lowest BCUT2D eigenvalue weighted by atomic mass is 10.1. The molecule has 1 aromatic rings. The van der Waals surface area contributed by atoms with Gasteiger partial charge in [0.15, 0.2) is 0 Å². The minimum Gasteiger partial charge on any atom is -0.314 e. The normalized spacial score (nSPS) is 21.2. The van der Waals surface area contributed by atoms with Crippen molar-refractivity contribution < 1.29 is 9.31 Å². The highest BCUT2D eigenvalue weighted by Gasteiger charge is 2.27. The zero-order valence-electron chi connectivity index (χ0n) is 11.8. The third-order valence-electron chi connectivity index (χ3n) is 4.30. The van der Waals surface area contributed by atoms with Gasteiger partial charge in [-0.15, -0.1) is 0 Å². The van der Waals surface area contributed by atoms with Gasteiger partial charge in [0.1, 0.15) is 0 Å². The van der Waals surface area contributed by atoms with Crippen molar-refractivity contribution in [3.63, 3.8) is 0 Å². The summed E-state index contributed by atoms with van der Waals surface area (Å²) >= 11 is 0. The second kappa shape index (κ2) is 6.05. The van der Waals surface area contributed by atoms with Crippen molar-refractivity contribution in [2.45, 2.75) is 12.6 Å². The highest BCUT2D eigenvalue weighted by atomic mass is 19.1. The first-order valence-corrected chi connectivity index (χ1v) is 7.23. The maximum absolute atomic E-state index is 13.6. The molecule has 21 heavy (non-hydrogen) atoms. The molecule has 0 atom stereocenters. The molecule has 3 rings (SSSR count). The van der Waals surface area contributed by atoms with Gasteiger partial charge < -0.3 is 5.32 Å². The molecule has 2 fully saturated rings. The van der Waals surface area contributed by atoms with Crippen molar-refractivity contribution in [2.24, 2.45) is 0 Å². The summed E-state index contributed by atoms with van der Waals surface area (Å²) in [5.41, 5.74) is 0.331. The molecule has 0 bridgehead atoms. The minimum atomic E-state index is -0.753. The molecule has 0 spiro atoms. The number of rotatable bonds is 4. The first-order chi connectivity index (χ1) is 10.1. The molecule has 1 N–H and O–H groups in total. The third-order valence-corrected chi connectivity index (χ3v) is 4.30. The van der Waals surface area contributed by atoms with Crippen molar-refractivity contribution in [2.75, 3.05) is 39.3 Å². The summed E-state index contributed by atoms with van der Waals surface area (Å²) in [5, 5.41) is 13.9. The van der Waals surface area contributed by atoms with E-state index in [1.54, 1.807) is 6.07 Å². The molecule has 0 saturated carbocycles. The van der Waals surface area contributed by atoms with Crippen LogP contribution in [0.2, 0.25) is 0 Å². The number of halogens is 1. The van der Waals surface area contributed by atoms with E-state index >= 15 is 0 Å². The Balaban J connectivity index is 1.55. The van der Waals surface area contributed by atoms with Gasteiger partial charge in [-0.25, -0.2) is 0 Å². The maximum Gasteiger partial charge on any atom is 0.304 e. The number of hydrogen-bond donors (Lipinski definition) is 1. The summed E-state index contributed by atoms with van der Waals surface area (Å²) in [5.74, 6) is -0.753. The molecule has 0 amide bonds. The Kier molecular flexibility index (Phi) is 4.14. The van der Waals surface area contributed by atoms with Crippen LogP contribution in [0.5, 0.6) is 0 Å². The fourth-order valence-corrected chi connectivity index (χ4v) is 2.87. The number of piperazine rings is 1. The second-order valence-electron chi connectivity index (χ2n) is 5.67. The summed E-state index contributed by atoms with van der Waals surface area (Å²) in [4.78, 5) is 14.7. The van der Waals surface area contributed by atoms with Crippen LogP contribution < -0.4 is 5.32 Å². The Morgan fingerprint density at radius 1 is 1.29 bits per heavy atom. The lowest BCUT2D eigenvalue weighted by molar-refractivity contribution is -0.387. The van der Waals surface area contributed by atoms with Crippen LogP contribution in [0.15, 0.2) is 18.2 Å². The maximum atomic E-state index is 13.6. The molecule has 114 valence electrons. The molecular formula is C14H19FN4O2. The van der Waals surface area contributed by atoms with E-state index in [9.17, 15) is 14.5 Å². The van der Waals surface area contributed by atoms with E-state index in [1.807, 2.05) is 0 Å². The molecule has 2 saturated heterocycles. The molecule has 1 aromatic carbocycles. The number of nitro benzene ring substituents is 1. The highest BCUT2D eigenvalue weighted by Crippen LogP contribution is 2.19. The lowest BCUT2D eigenvalue weighted by Gasteiger charge is -2.43. The molecule has 2 aliphatic heterocycles. The van der Waals surface area contributed by atoms with Gasteiger partial charge in [-0.1, -0.05) is 6.07 Å². The first kappa shape index (κ1) is 14.4. The fraction of sp³-hybridized carbons (Fsp3) is 0.571. The van der Waals surface area contributed by atoms with Crippen molar-refractivity contribution >= 4 is 5.69 Å². The molecule has 0 unspecified atom stereocenters. The average molecular weight is 294 g/mol. The molecule has 0 aromatic heterocycles. The van der Waals surface area contributed by atoms with Gasteiger partial charge in [0, 0.05) is 57.9 Å². The van der Waals surface area contributed by atoms with E-state index in [0.29, 0.717) is 12.6 Å². The van der Waals surface area contributed by atoms with Crippen LogP contribution >= 0.6 is 0 Å². The van der Waals surface area contributed by atoms with Crippen molar-refractivity contribution in [3.8, 4) is 0 Å². The monoisotopic (exact) mass is 294 g/mol. The Hall–Kier alpha value is -1.57. The van der Waals surface area contributed by atoms with Crippen LogP contribution in [0.1, 0.15) is 5.56 Å². The lowest BCUT2D eigenvalue weighted by Crippen LogP contribution is -2.61. The quantitative estimate of drug-likeness (QED) is 0.658. The van der Waals surface area contributed by atoms with Gasteiger partial charge in [-0.05, 0) is 11.6 Å². The van der Waals surface area contributed by atoms with Gasteiger partial charge >= 0.3 is 5.69 Å². The average Bonchev–Trinajstić information content (AvgIpc) is 2.38. The highest BCUT2D eigenvalue weighted by molar-refractivity contribution is 5.35. The molecule has 0 aliphatic carbocycles. The zero-order chi connectivity index (χ0) is 14.8. The Bertz CT molecular complexity index is 528. The van der Waals surface area contributed by atoms with Crippen LogP contribution in [0.3, 0.4) is 0 Å². The van der Waals surface area contributed by atoms with Gasteiger partial charge in [-0.3, -0.25) is 19.9 Å². The number of nitro groups is 1. The minimum absolute atomic E-state index is 0.457. The Morgan fingerprint density at radius 3 is 2.52 bits per heavy atom. The SMILES string of the molecule is O=[N+]([O-])c1ccc(CN2CCN(C3CNC3)CC2)cc1F. The molecule has 0 radical (unpaired) electrons. The van der Waals surface area contributed by atoms with Crippen LogP contribution in [0.4, 0.5) is 10.1 Å². The van der Waals surface area contributed by atoms with Crippen LogP contribution in [-0.2, 0) is 6.54 Å². The largest absolute Gasteiger partial charge is 0.314 e.